The molecule has 0 bridgehead atoms. The summed E-state index contributed by atoms with van der Waals surface area (Å²) in [5.74, 6) is -0.941. The minimum Gasteiger partial charge on any atom is -0.340 e. The minimum atomic E-state index is -0.710. The summed E-state index contributed by atoms with van der Waals surface area (Å²) in [6, 6.07) is 6.43. The second-order valence-corrected chi connectivity index (χ2v) is 7.00. The van der Waals surface area contributed by atoms with Crippen LogP contribution in [0, 0.1) is 12.8 Å². The molecule has 2 rings (SSSR count). The van der Waals surface area contributed by atoms with E-state index in [4.69, 9.17) is 0 Å². The predicted octanol–water partition coefficient (Wildman–Crippen LogP) is 3.05. The maximum atomic E-state index is 12.5. The van der Waals surface area contributed by atoms with Gasteiger partial charge in [0.1, 0.15) is 11.7 Å². The van der Waals surface area contributed by atoms with Crippen molar-refractivity contribution >= 4 is 34.1 Å². The summed E-state index contributed by atoms with van der Waals surface area (Å²) < 4.78 is 0. The highest BCUT2D eigenvalue weighted by atomic mass is 32.1. The molecule has 1 aromatic carbocycles. The number of benzene rings is 1. The largest absolute Gasteiger partial charge is 0.340 e. The number of aryl methyl sites for hydroxylation is 1. The van der Waals surface area contributed by atoms with E-state index in [1.165, 1.54) is 18.3 Å². The lowest BCUT2D eigenvalue weighted by molar-refractivity contribution is -0.118. The molecule has 2 aromatic rings. The molecule has 0 radical (unpaired) electrons. The molecule has 132 valence electrons. The van der Waals surface area contributed by atoms with Crippen LogP contribution in [-0.2, 0) is 4.79 Å². The average molecular weight is 359 g/mol. The van der Waals surface area contributed by atoms with Gasteiger partial charge in [-0.3, -0.25) is 14.4 Å². The second kappa shape index (κ2) is 8.02. The Kier molecular flexibility index (Phi) is 6.03. The Labute approximate surface area is 150 Å². The molecule has 0 aliphatic rings. The number of aromatic nitrogens is 1. The Bertz CT molecular complexity index is 781. The van der Waals surface area contributed by atoms with E-state index >= 15 is 0 Å². The van der Waals surface area contributed by atoms with E-state index in [9.17, 15) is 14.4 Å². The van der Waals surface area contributed by atoms with Gasteiger partial charge in [-0.25, -0.2) is 4.98 Å². The van der Waals surface area contributed by atoms with Crippen LogP contribution in [0.5, 0.6) is 0 Å². The Morgan fingerprint density at radius 3 is 2.28 bits per heavy atom. The fourth-order valence-corrected chi connectivity index (χ4v) is 2.89. The molecule has 25 heavy (non-hydrogen) atoms. The van der Waals surface area contributed by atoms with Crippen LogP contribution >= 0.6 is 11.3 Å². The second-order valence-electron chi connectivity index (χ2n) is 6.14. The molecule has 0 fully saturated rings. The van der Waals surface area contributed by atoms with E-state index in [1.807, 2.05) is 32.9 Å². The van der Waals surface area contributed by atoms with Crippen LogP contribution in [-0.4, -0.2) is 28.6 Å². The fraction of sp³-hybridized carbons (Fsp3) is 0.333. The first-order valence-corrected chi connectivity index (χ1v) is 8.80. The SMILES string of the molecule is CC(=O)c1csc(NC(=O)[C@@H](NC(=O)c2ccc(C)cc2)C(C)C)n1. The van der Waals surface area contributed by atoms with Crippen LogP contribution in [0.2, 0.25) is 0 Å². The first kappa shape index (κ1) is 18.8. The number of rotatable bonds is 6. The van der Waals surface area contributed by atoms with Crippen LogP contribution in [0.15, 0.2) is 29.6 Å². The molecule has 0 spiro atoms. The third kappa shape index (κ3) is 4.96. The van der Waals surface area contributed by atoms with Crippen LogP contribution in [0.4, 0.5) is 5.13 Å². The van der Waals surface area contributed by atoms with E-state index < -0.39 is 6.04 Å². The molecular formula is C18H21N3O3S. The summed E-state index contributed by atoms with van der Waals surface area (Å²) in [7, 11) is 0. The lowest BCUT2D eigenvalue weighted by Gasteiger charge is -2.21. The number of carbonyl (C=O) groups excluding carboxylic acids is 3. The Balaban J connectivity index is 2.08. The zero-order chi connectivity index (χ0) is 18.6. The van der Waals surface area contributed by atoms with Gasteiger partial charge in [0.25, 0.3) is 5.91 Å². The number of anilines is 1. The number of carbonyl (C=O) groups is 3. The molecule has 0 saturated heterocycles. The number of amides is 2. The first-order valence-electron chi connectivity index (χ1n) is 7.92. The summed E-state index contributed by atoms with van der Waals surface area (Å²) in [6.07, 6.45) is 0. The van der Waals surface area contributed by atoms with Crippen molar-refractivity contribution in [3.63, 3.8) is 0 Å². The van der Waals surface area contributed by atoms with Crippen molar-refractivity contribution in [2.45, 2.75) is 33.7 Å². The van der Waals surface area contributed by atoms with Crippen LogP contribution < -0.4 is 10.6 Å². The molecule has 6 nitrogen and oxygen atoms in total. The first-order chi connectivity index (χ1) is 11.8. The van der Waals surface area contributed by atoms with Crippen LogP contribution in [0.25, 0.3) is 0 Å². The quantitative estimate of drug-likeness (QED) is 0.776. The maximum Gasteiger partial charge on any atom is 0.251 e. The monoisotopic (exact) mass is 359 g/mol. The van der Waals surface area contributed by atoms with Gasteiger partial charge in [0.05, 0.1) is 0 Å². The lowest BCUT2D eigenvalue weighted by Crippen LogP contribution is -2.47. The van der Waals surface area contributed by atoms with Gasteiger partial charge in [0.2, 0.25) is 5.91 Å². The molecule has 0 aliphatic heterocycles. The fourth-order valence-electron chi connectivity index (χ4n) is 2.14. The van der Waals surface area contributed by atoms with Gasteiger partial charge >= 0.3 is 0 Å². The number of ketones is 1. The molecule has 1 aromatic heterocycles. The van der Waals surface area contributed by atoms with Crippen molar-refractivity contribution in [1.82, 2.24) is 10.3 Å². The predicted molar refractivity (Wildman–Crippen MR) is 98.0 cm³/mol. The van der Waals surface area contributed by atoms with Crippen molar-refractivity contribution in [2.75, 3.05) is 5.32 Å². The normalized spacial score (nSPS) is 11.9. The number of nitrogens with one attached hydrogen (secondary N) is 2. The van der Waals surface area contributed by atoms with Crippen molar-refractivity contribution in [3.05, 3.63) is 46.5 Å². The summed E-state index contributed by atoms with van der Waals surface area (Å²) in [4.78, 5) is 40.2. The number of hydrogen-bond acceptors (Lipinski definition) is 5. The number of Topliss-reactive ketones (excluding diaryl/α,β-unsaturated/α-hetero) is 1. The summed E-state index contributed by atoms with van der Waals surface area (Å²) in [5.41, 5.74) is 1.86. The van der Waals surface area contributed by atoms with Crippen LogP contribution in [0.3, 0.4) is 0 Å². The van der Waals surface area contributed by atoms with Gasteiger partial charge in [0, 0.05) is 17.9 Å². The molecular weight excluding hydrogens is 338 g/mol. The highest BCUT2D eigenvalue weighted by Gasteiger charge is 2.25. The van der Waals surface area contributed by atoms with Crippen molar-refractivity contribution in [3.8, 4) is 0 Å². The van der Waals surface area contributed by atoms with E-state index in [2.05, 4.69) is 15.6 Å². The molecule has 0 unspecified atom stereocenters. The zero-order valence-electron chi connectivity index (χ0n) is 14.6. The number of hydrogen-bond donors (Lipinski definition) is 2. The molecule has 0 saturated carbocycles. The maximum absolute atomic E-state index is 12.5. The van der Waals surface area contributed by atoms with Gasteiger partial charge in [0.15, 0.2) is 10.9 Å². The van der Waals surface area contributed by atoms with E-state index in [-0.39, 0.29) is 23.5 Å². The minimum absolute atomic E-state index is 0.110. The van der Waals surface area contributed by atoms with Crippen LogP contribution in [0.1, 0.15) is 47.2 Å². The third-order valence-electron chi connectivity index (χ3n) is 3.64. The summed E-state index contributed by atoms with van der Waals surface area (Å²) in [6.45, 7) is 7.06. The van der Waals surface area contributed by atoms with Crippen molar-refractivity contribution in [2.24, 2.45) is 5.92 Å². The molecule has 1 atom stereocenters. The van der Waals surface area contributed by atoms with E-state index in [1.54, 1.807) is 17.5 Å². The summed E-state index contributed by atoms with van der Waals surface area (Å²) >= 11 is 1.18. The van der Waals surface area contributed by atoms with Crippen molar-refractivity contribution < 1.29 is 14.4 Å². The smallest absolute Gasteiger partial charge is 0.251 e. The van der Waals surface area contributed by atoms with E-state index in [0.717, 1.165) is 5.56 Å². The highest BCUT2D eigenvalue weighted by molar-refractivity contribution is 7.14. The Hall–Kier alpha value is -2.54. The van der Waals surface area contributed by atoms with Gasteiger partial charge in [-0.05, 0) is 25.0 Å². The number of nitrogens with zero attached hydrogens (tertiary/aromatic N) is 1. The third-order valence-corrected chi connectivity index (χ3v) is 4.40. The van der Waals surface area contributed by atoms with E-state index in [0.29, 0.717) is 16.4 Å². The molecule has 1 heterocycles. The van der Waals surface area contributed by atoms with Crippen molar-refractivity contribution in [1.29, 1.82) is 0 Å². The highest BCUT2D eigenvalue weighted by Crippen LogP contribution is 2.17. The Morgan fingerprint density at radius 2 is 1.76 bits per heavy atom. The Morgan fingerprint density at radius 1 is 1.12 bits per heavy atom. The topological polar surface area (TPSA) is 88.2 Å². The molecule has 2 amide bonds. The standard InChI is InChI=1S/C18H21N3O3S/c1-10(2)15(20-16(23)13-7-5-11(3)6-8-13)17(24)21-18-19-14(9-25-18)12(4)22/h5-10,15H,1-4H3,(H,20,23)(H,19,21,24)/t15-/m0/s1. The zero-order valence-corrected chi connectivity index (χ0v) is 15.4. The van der Waals surface area contributed by atoms with Gasteiger partial charge in [-0.15, -0.1) is 11.3 Å². The average Bonchev–Trinajstić information content (AvgIpc) is 3.01. The van der Waals surface area contributed by atoms with Gasteiger partial charge in [-0.2, -0.15) is 0 Å². The van der Waals surface area contributed by atoms with Gasteiger partial charge < -0.3 is 10.6 Å². The molecule has 7 heteroatoms. The lowest BCUT2D eigenvalue weighted by atomic mass is 10.0. The van der Waals surface area contributed by atoms with Gasteiger partial charge in [-0.1, -0.05) is 31.5 Å². The summed E-state index contributed by atoms with van der Waals surface area (Å²) in [5, 5.41) is 7.36. The molecule has 0 aliphatic carbocycles. The molecule has 2 N–H and O–H groups in total. The number of thiazole rings is 1.